The molecule has 0 aliphatic carbocycles. The lowest BCUT2D eigenvalue weighted by atomic mass is 10.1. The summed E-state index contributed by atoms with van der Waals surface area (Å²) in [5.41, 5.74) is 2.60. The van der Waals surface area contributed by atoms with E-state index < -0.39 is 0 Å². The van der Waals surface area contributed by atoms with E-state index in [0.717, 1.165) is 28.8 Å². The summed E-state index contributed by atoms with van der Waals surface area (Å²) in [5, 5.41) is 10.3. The number of nitrogens with one attached hydrogen (secondary N) is 3. The molecule has 0 fully saturated rings. The maximum absolute atomic E-state index is 13.2. The maximum Gasteiger partial charge on any atom is 0.224 e. The number of aryl methyl sites for hydroxylation is 1. The number of guanidine groups is 1. The van der Waals surface area contributed by atoms with Gasteiger partial charge in [0.05, 0.1) is 6.42 Å². The highest BCUT2D eigenvalue weighted by atomic mass is 127. The molecular formula is C23H28FIN4O2. The minimum absolute atomic E-state index is 0. The van der Waals surface area contributed by atoms with Crippen LogP contribution in [0.3, 0.4) is 0 Å². The third-order valence-corrected chi connectivity index (χ3v) is 4.66. The van der Waals surface area contributed by atoms with E-state index in [0.29, 0.717) is 31.2 Å². The third-order valence-electron chi connectivity index (χ3n) is 4.66. The van der Waals surface area contributed by atoms with Crippen molar-refractivity contribution >= 4 is 46.8 Å². The summed E-state index contributed by atoms with van der Waals surface area (Å²) in [6.45, 7) is 6.11. The van der Waals surface area contributed by atoms with Gasteiger partial charge in [0, 0.05) is 30.6 Å². The number of halogens is 2. The lowest BCUT2D eigenvalue weighted by Crippen LogP contribution is -2.41. The van der Waals surface area contributed by atoms with Crippen LogP contribution in [0.2, 0.25) is 0 Å². The number of fused-ring (bicyclic) bond motifs is 1. The molecule has 0 aliphatic rings. The van der Waals surface area contributed by atoms with Gasteiger partial charge in [-0.1, -0.05) is 30.3 Å². The second-order valence-electron chi connectivity index (χ2n) is 6.92. The largest absolute Gasteiger partial charge is 0.459 e. The lowest BCUT2D eigenvalue weighted by Gasteiger charge is -2.12. The summed E-state index contributed by atoms with van der Waals surface area (Å²) in [6, 6.07) is 14.0. The van der Waals surface area contributed by atoms with E-state index in [1.165, 1.54) is 12.1 Å². The predicted octanol–water partition coefficient (Wildman–Crippen LogP) is 3.91. The fraction of sp³-hybridized carbons (Fsp3) is 0.304. The minimum atomic E-state index is -0.340. The van der Waals surface area contributed by atoms with Crippen molar-refractivity contribution in [3.63, 3.8) is 0 Å². The smallest absolute Gasteiger partial charge is 0.224 e. The zero-order valence-corrected chi connectivity index (χ0v) is 20.0. The fourth-order valence-electron chi connectivity index (χ4n) is 3.15. The van der Waals surface area contributed by atoms with Crippen molar-refractivity contribution < 1.29 is 13.6 Å². The molecule has 31 heavy (non-hydrogen) atoms. The number of nitrogens with zero attached hydrogens (tertiary/aromatic N) is 1. The van der Waals surface area contributed by atoms with Crippen molar-refractivity contribution in [1.29, 1.82) is 0 Å². The van der Waals surface area contributed by atoms with Crippen LogP contribution in [-0.4, -0.2) is 31.5 Å². The molecule has 0 saturated heterocycles. The number of carbonyl (C=O) groups is 1. The van der Waals surface area contributed by atoms with E-state index in [2.05, 4.69) is 20.9 Å². The number of para-hydroxylation sites is 1. The third kappa shape index (κ3) is 7.23. The average molecular weight is 538 g/mol. The number of aliphatic imine (C=N–C) groups is 1. The number of furan rings is 1. The van der Waals surface area contributed by atoms with Crippen LogP contribution in [-0.2, 0) is 17.8 Å². The van der Waals surface area contributed by atoms with Gasteiger partial charge in [0.2, 0.25) is 5.91 Å². The Kier molecular flexibility index (Phi) is 9.77. The molecular weight excluding hydrogens is 510 g/mol. The number of hydrogen-bond acceptors (Lipinski definition) is 3. The van der Waals surface area contributed by atoms with E-state index in [1.807, 2.05) is 38.1 Å². The van der Waals surface area contributed by atoms with E-state index >= 15 is 0 Å². The molecule has 0 spiro atoms. The molecule has 0 bridgehead atoms. The van der Waals surface area contributed by atoms with Crippen molar-refractivity contribution in [2.75, 3.05) is 19.6 Å². The van der Waals surface area contributed by atoms with Gasteiger partial charge in [0.1, 0.15) is 23.7 Å². The predicted molar refractivity (Wildman–Crippen MR) is 132 cm³/mol. The minimum Gasteiger partial charge on any atom is -0.459 e. The van der Waals surface area contributed by atoms with E-state index in [4.69, 9.17) is 4.42 Å². The van der Waals surface area contributed by atoms with Gasteiger partial charge in [-0.2, -0.15) is 0 Å². The molecule has 1 amide bonds. The first-order valence-electron chi connectivity index (χ1n) is 10.1. The molecule has 166 valence electrons. The lowest BCUT2D eigenvalue weighted by molar-refractivity contribution is -0.120. The molecule has 6 nitrogen and oxygen atoms in total. The van der Waals surface area contributed by atoms with Crippen LogP contribution in [0.5, 0.6) is 0 Å². The quantitative estimate of drug-likeness (QED) is 0.176. The Labute approximate surface area is 198 Å². The molecule has 3 N–H and O–H groups in total. The Morgan fingerprint density at radius 2 is 1.84 bits per heavy atom. The zero-order valence-electron chi connectivity index (χ0n) is 17.7. The molecule has 0 saturated carbocycles. The van der Waals surface area contributed by atoms with Gasteiger partial charge in [-0.3, -0.25) is 4.79 Å². The zero-order chi connectivity index (χ0) is 21.3. The Bertz CT molecular complexity index is 1040. The molecule has 1 heterocycles. The second-order valence-corrected chi connectivity index (χ2v) is 6.92. The first-order valence-corrected chi connectivity index (χ1v) is 10.1. The van der Waals surface area contributed by atoms with E-state index in [1.54, 1.807) is 12.1 Å². The van der Waals surface area contributed by atoms with Crippen LogP contribution in [0.15, 0.2) is 57.9 Å². The Morgan fingerprint density at radius 3 is 2.58 bits per heavy atom. The average Bonchev–Trinajstić information content (AvgIpc) is 3.05. The number of benzene rings is 2. The molecule has 0 atom stereocenters. The molecule has 2 aromatic carbocycles. The topological polar surface area (TPSA) is 78.7 Å². The molecule has 0 aliphatic heterocycles. The number of amides is 1. The number of hydrogen-bond donors (Lipinski definition) is 3. The first-order chi connectivity index (χ1) is 14.6. The van der Waals surface area contributed by atoms with Crippen LogP contribution in [0.4, 0.5) is 4.39 Å². The van der Waals surface area contributed by atoms with Crippen molar-refractivity contribution in [3.8, 4) is 0 Å². The Hall–Kier alpha value is -2.62. The van der Waals surface area contributed by atoms with Crippen LogP contribution in [0, 0.1) is 12.7 Å². The van der Waals surface area contributed by atoms with Crippen LogP contribution >= 0.6 is 24.0 Å². The molecule has 8 heteroatoms. The van der Waals surface area contributed by atoms with Crippen LogP contribution < -0.4 is 16.0 Å². The maximum atomic E-state index is 13.2. The summed E-state index contributed by atoms with van der Waals surface area (Å²) in [5.74, 6) is 0.990. The van der Waals surface area contributed by atoms with E-state index in [-0.39, 0.29) is 42.1 Å². The van der Waals surface area contributed by atoms with Gasteiger partial charge in [-0.15, -0.1) is 24.0 Å². The molecule has 0 unspecified atom stereocenters. The molecule has 3 rings (SSSR count). The normalized spacial score (nSPS) is 11.1. The van der Waals surface area contributed by atoms with Gasteiger partial charge < -0.3 is 20.4 Å². The van der Waals surface area contributed by atoms with Gasteiger partial charge in [0.25, 0.3) is 0 Å². The van der Waals surface area contributed by atoms with Crippen molar-refractivity contribution in [3.05, 3.63) is 71.2 Å². The van der Waals surface area contributed by atoms with Crippen molar-refractivity contribution in [1.82, 2.24) is 16.0 Å². The Morgan fingerprint density at radius 1 is 1.06 bits per heavy atom. The highest BCUT2D eigenvalue weighted by molar-refractivity contribution is 14.0. The highest BCUT2D eigenvalue weighted by Gasteiger charge is 2.10. The van der Waals surface area contributed by atoms with Crippen LogP contribution in [0.1, 0.15) is 23.8 Å². The van der Waals surface area contributed by atoms with Gasteiger partial charge in [-0.25, -0.2) is 9.38 Å². The fourth-order valence-corrected chi connectivity index (χ4v) is 3.15. The van der Waals surface area contributed by atoms with Crippen LogP contribution in [0.25, 0.3) is 11.0 Å². The Balaban J connectivity index is 0.00000341. The van der Waals surface area contributed by atoms with Gasteiger partial charge in [0.15, 0.2) is 5.96 Å². The number of rotatable bonds is 8. The van der Waals surface area contributed by atoms with Crippen molar-refractivity contribution in [2.24, 2.45) is 4.99 Å². The van der Waals surface area contributed by atoms with Gasteiger partial charge >= 0.3 is 0 Å². The summed E-state index contributed by atoms with van der Waals surface area (Å²) in [6.07, 6.45) is 0.150. The summed E-state index contributed by atoms with van der Waals surface area (Å²) in [7, 11) is 0. The van der Waals surface area contributed by atoms with Gasteiger partial charge in [-0.05, 0) is 37.6 Å². The summed E-state index contributed by atoms with van der Waals surface area (Å²) < 4.78 is 19.1. The molecule has 0 radical (unpaired) electrons. The monoisotopic (exact) mass is 538 g/mol. The van der Waals surface area contributed by atoms with Crippen molar-refractivity contribution in [2.45, 2.75) is 26.8 Å². The first kappa shape index (κ1) is 24.6. The van der Waals surface area contributed by atoms with E-state index in [9.17, 15) is 9.18 Å². The summed E-state index contributed by atoms with van der Waals surface area (Å²) in [4.78, 5) is 16.6. The SMILES string of the molecule is CCNC(=NCc1oc2ccccc2c1C)NCCNC(=O)Cc1cccc(F)c1.I. The molecule has 1 aromatic heterocycles. The standard InChI is InChI=1S/C23H27FN4O2.HI/c1-3-25-23(28-15-21-16(2)19-9-4-5-10-20(19)30-21)27-12-11-26-22(29)14-17-7-6-8-18(24)13-17;/h4-10,13H,3,11-12,14-15H2,1-2H3,(H,26,29)(H2,25,27,28);1H. The second kappa shape index (κ2) is 12.3. The number of carbonyl (C=O) groups excluding carboxylic acids is 1. The summed E-state index contributed by atoms with van der Waals surface area (Å²) >= 11 is 0. The molecule has 3 aromatic rings. The highest BCUT2D eigenvalue weighted by Crippen LogP contribution is 2.25.